The monoisotopic (exact) mass is 341 g/mol. The molecule has 0 bridgehead atoms. The number of likely N-dealkylation sites (N-methyl/N-ethyl adjacent to an activating group) is 1. The number of carboxylic acid groups (broad SMARTS) is 1. The minimum absolute atomic E-state index is 0.0250. The molecule has 7 heteroatoms. The third-order valence-corrected chi connectivity index (χ3v) is 5.33. The van der Waals surface area contributed by atoms with Crippen molar-refractivity contribution in [1.29, 1.82) is 0 Å². The molecule has 2 aliphatic rings. The van der Waals surface area contributed by atoms with Crippen LogP contribution in [-0.4, -0.2) is 79.4 Å². The highest BCUT2D eigenvalue weighted by molar-refractivity contribution is 5.74. The van der Waals surface area contributed by atoms with Crippen LogP contribution in [0.5, 0.6) is 0 Å². The van der Waals surface area contributed by atoms with Gasteiger partial charge in [-0.1, -0.05) is 20.3 Å². The van der Waals surface area contributed by atoms with E-state index >= 15 is 0 Å². The molecule has 0 radical (unpaired) electrons. The lowest BCUT2D eigenvalue weighted by Crippen LogP contribution is -2.53. The van der Waals surface area contributed by atoms with Gasteiger partial charge in [0, 0.05) is 26.2 Å². The Kier molecular flexibility index (Phi) is 6.46. The Morgan fingerprint density at radius 2 is 2.17 bits per heavy atom. The third-order valence-electron chi connectivity index (χ3n) is 5.33. The fraction of sp³-hybridized carbons (Fsp3) is 0.882. The van der Waals surface area contributed by atoms with Crippen LogP contribution in [0.25, 0.3) is 0 Å². The summed E-state index contributed by atoms with van der Waals surface area (Å²) in [7, 11) is 1.75. The average Bonchev–Trinajstić information content (AvgIpc) is 2.82. The second-order valence-corrected chi connectivity index (χ2v) is 7.79. The van der Waals surface area contributed by atoms with Crippen LogP contribution in [0.1, 0.15) is 33.1 Å². The Morgan fingerprint density at radius 1 is 1.42 bits per heavy atom. The largest absolute Gasteiger partial charge is 0.480 e. The number of nitrogens with zero attached hydrogens (tertiary/aromatic N) is 2. The van der Waals surface area contributed by atoms with Crippen LogP contribution in [0.2, 0.25) is 0 Å². The Balaban J connectivity index is 1.76. The number of hydrogen-bond donors (Lipinski definition) is 2. The number of amides is 2. The zero-order valence-corrected chi connectivity index (χ0v) is 15.1. The highest BCUT2D eigenvalue weighted by Gasteiger charge is 2.35. The van der Waals surface area contributed by atoms with Gasteiger partial charge in [-0.2, -0.15) is 0 Å². The highest BCUT2D eigenvalue weighted by atomic mass is 16.5. The van der Waals surface area contributed by atoms with Gasteiger partial charge in [0.15, 0.2) is 0 Å². The summed E-state index contributed by atoms with van der Waals surface area (Å²) in [6.45, 7) is 7.35. The van der Waals surface area contributed by atoms with Crippen molar-refractivity contribution < 1.29 is 19.4 Å². The van der Waals surface area contributed by atoms with Gasteiger partial charge < -0.3 is 20.1 Å². The van der Waals surface area contributed by atoms with Crippen LogP contribution in [0.4, 0.5) is 4.79 Å². The van der Waals surface area contributed by atoms with Crippen molar-refractivity contribution >= 4 is 12.0 Å². The summed E-state index contributed by atoms with van der Waals surface area (Å²) in [5, 5.41) is 11.9. The molecule has 2 rings (SSSR count). The maximum absolute atomic E-state index is 12.4. The van der Waals surface area contributed by atoms with Crippen LogP contribution in [0.3, 0.4) is 0 Å². The molecule has 2 atom stereocenters. The smallest absolute Gasteiger partial charge is 0.317 e. The van der Waals surface area contributed by atoms with Crippen molar-refractivity contribution in [2.24, 2.45) is 11.3 Å². The first-order chi connectivity index (χ1) is 11.3. The van der Waals surface area contributed by atoms with E-state index in [4.69, 9.17) is 9.84 Å². The van der Waals surface area contributed by atoms with E-state index in [0.717, 1.165) is 6.54 Å². The first-order valence-corrected chi connectivity index (χ1v) is 8.82. The first kappa shape index (κ1) is 19.0. The summed E-state index contributed by atoms with van der Waals surface area (Å²) in [5.41, 5.74) is 0.306. The molecule has 0 aromatic carbocycles. The van der Waals surface area contributed by atoms with Gasteiger partial charge in [-0.05, 0) is 31.2 Å². The summed E-state index contributed by atoms with van der Waals surface area (Å²) in [4.78, 5) is 26.6. The van der Waals surface area contributed by atoms with Crippen LogP contribution in [-0.2, 0) is 9.53 Å². The lowest BCUT2D eigenvalue weighted by Gasteiger charge is -2.35. The maximum Gasteiger partial charge on any atom is 0.317 e. The van der Waals surface area contributed by atoms with Gasteiger partial charge in [0.25, 0.3) is 0 Å². The van der Waals surface area contributed by atoms with E-state index in [0.29, 0.717) is 37.6 Å². The zero-order chi connectivity index (χ0) is 17.7. The number of rotatable bonds is 6. The molecule has 0 aromatic rings. The van der Waals surface area contributed by atoms with Gasteiger partial charge in [-0.3, -0.25) is 9.69 Å². The van der Waals surface area contributed by atoms with Crippen molar-refractivity contribution in [2.75, 3.05) is 46.4 Å². The maximum atomic E-state index is 12.4. The molecule has 0 aromatic heterocycles. The fourth-order valence-corrected chi connectivity index (χ4v) is 3.76. The Hall–Kier alpha value is -1.34. The summed E-state index contributed by atoms with van der Waals surface area (Å²) in [5.74, 6) is -0.318. The van der Waals surface area contributed by atoms with Crippen LogP contribution >= 0.6 is 0 Å². The third kappa shape index (κ3) is 5.34. The fourth-order valence-electron chi connectivity index (χ4n) is 3.76. The molecule has 1 saturated carbocycles. The molecule has 1 aliphatic heterocycles. The second kappa shape index (κ2) is 8.16. The summed E-state index contributed by atoms with van der Waals surface area (Å²) < 4.78 is 5.67. The lowest BCUT2D eigenvalue weighted by molar-refractivity contribution is -0.138. The Morgan fingerprint density at radius 3 is 2.79 bits per heavy atom. The number of ether oxygens (including phenoxy) is 1. The number of morpholine rings is 1. The summed E-state index contributed by atoms with van der Waals surface area (Å²) in [6.07, 6.45) is 3.50. The molecule has 2 unspecified atom stereocenters. The van der Waals surface area contributed by atoms with Crippen molar-refractivity contribution in [3.05, 3.63) is 0 Å². The number of carbonyl (C=O) groups excluding carboxylic acids is 1. The van der Waals surface area contributed by atoms with Crippen molar-refractivity contribution in [3.63, 3.8) is 0 Å². The quantitative estimate of drug-likeness (QED) is 0.760. The molecule has 1 saturated heterocycles. The molecule has 2 amide bonds. The molecule has 1 heterocycles. The van der Waals surface area contributed by atoms with E-state index in [9.17, 15) is 9.59 Å². The molecule has 7 nitrogen and oxygen atoms in total. The Bertz CT molecular complexity index is 455. The van der Waals surface area contributed by atoms with Gasteiger partial charge in [0.1, 0.15) is 0 Å². The van der Waals surface area contributed by atoms with E-state index in [2.05, 4.69) is 19.2 Å². The van der Waals surface area contributed by atoms with E-state index in [-0.39, 0.29) is 18.7 Å². The van der Waals surface area contributed by atoms with Gasteiger partial charge >= 0.3 is 12.0 Å². The van der Waals surface area contributed by atoms with E-state index in [1.54, 1.807) is 16.8 Å². The highest BCUT2D eigenvalue weighted by Crippen LogP contribution is 2.42. The number of urea groups is 1. The van der Waals surface area contributed by atoms with Crippen LogP contribution in [0.15, 0.2) is 0 Å². The minimum atomic E-state index is -0.859. The molecule has 2 N–H and O–H groups in total. The average molecular weight is 341 g/mol. The topological polar surface area (TPSA) is 82.1 Å². The van der Waals surface area contributed by atoms with Crippen LogP contribution in [0, 0.1) is 11.3 Å². The zero-order valence-electron chi connectivity index (χ0n) is 15.1. The molecule has 2 fully saturated rings. The number of aliphatic carboxylic acids is 1. The van der Waals surface area contributed by atoms with Crippen molar-refractivity contribution in [3.8, 4) is 0 Å². The number of nitrogens with one attached hydrogen (secondary N) is 1. The lowest BCUT2D eigenvalue weighted by atomic mass is 9.82. The van der Waals surface area contributed by atoms with E-state index in [1.165, 1.54) is 19.3 Å². The first-order valence-electron chi connectivity index (χ1n) is 8.82. The summed E-state index contributed by atoms with van der Waals surface area (Å²) in [6, 6.07) is -0.0353. The molecular formula is C17H31N3O4. The number of carbonyl (C=O) groups is 2. The molecule has 1 aliphatic carbocycles. The van der Waals surface area contributed by atoms with E-state index < -0.39 is 5.97 Å². The van der Waals surface area contributed by atoms with Gasteiger partial charge in [0.2, 0.25) is 0 Å². The normalized spacial score (nSPS) is 26.6. The predicted molar refractivity (Wildman–Crippen MR) is 91.0 cm³/mol. The van der Waals surface area contributed by atoms with E-state index in [1.807, 2.05) is 0 Å². The molecular weight excluding hydrogens is 310 g/mol. The number of hydrogen-bond acceptors (Lipinski definition) is 4. The molecule has 24 heavy (non-hydrogen) atoms. The second-order valence-electron chi connectivity index (χ2n) is 7.79. The predicted octanol–water partition coefficient (Wildman–Crippen LogP) is 1.24. The molecule has 0 spiro atoms. The van der Waals surface area contributed by atoms with Gasteiger partial charge in [-0.15, -0.1) is 0 Å². The minimum Gasteiger partial charge on any atom is -0.480 e. The SMILES string of the molecule is CN(CC(=O)O)CC1CN(C(=O)NCC2CCCC2(C)C)CCO1. The van der Waals surface area contributed by atoms with Crippen molar-refractivity contribution in [2.45, 2.75) is 39.2 Å². The van der Waals surface area contributed by atoms with Gasteiger partial charge in [0.05, 0.1) is 19.3 Å². The number of carboxylic acids is 1. The molecule has 138 valence electrons. The summed E-state index contributed by atoms with van der Waals surface area (Å²) >= 11 is 0. The van der Waals surface area contributed by atoms with Crippen LogP contribution < -0.4 is 5.32 Å². The van der Waals surface area contributed by atoms with Gasteiger partial charge in [-0.25, -0.2) is 4.79 Å². The van der Waals surface area contributed by atoms with Crippen molar-refractivity contribution in [1.82, 2.24) is 15.1 Å². The standard InChI is InChI=1S/C17H31N3O4/c1-17(2)6-4-5-13(17)9-18-16(23)20-7-8-24-14(11-20)10-19(3)12-15(21)22/h13-14H,4-12H2,1-3H3,(H,18,23)(H,21,22). The Labute approximate surface area is 144 Å².